The van der Waals surface area contributed by atoms with Gasteiger partial charge < -0.3 is 10.6 Å². The van der Waals surface area contributed by atoms with Crippen LogP contribution in [0.15, 0.2) is 42.5 Å². The van der Waals surface area contributed by atoms with Crippen LogP contribution < -0.4 is 10.6 Å². The van der Waals surface area contributed by atoms with Crippen molar-refractivity contribution in [3.8, 4) is 0 Å². The van der Waals surface area contributed by atoms with Crippen LogP contribution in [-0.4, -0.2) is 43.0 Å². The molecule has 0 atom stereocenters. The minimum absolute atomic E-state index is 0.0354. The molecular weight excluding hydrogens is 525 g/mol. The predicted molar refractivity (Wildman–Crippen MR) is 117 cm³/mol. The van der Waals surface area contributed by atoms with Gasteiger partial charge in [-0.3, -0.25) is 14.4 Å². The van der Waals surface area contributed by atoms with Crippen molar-refractivity contribution in [1.29, 1.82) is 0 Å². The van der Waals surface area contributed by atoms with Gasteiger partial charge in [0.05, 0.1) is 12.1 Å². The molecule has 0 aliphatic rings. The molecule has 2 rings (SSSR count). The molecule has 2 aromatic rings. The Morgan fingerprint density at radius 2 is 1.49 bits per heavy atom. The van der Waals surface area contributed by atoms with Crippen LogP contribution in [0.4, 0.5) is 26.3 Å². The quantitative estimate of drug-likeness (QED) is 0.275. The highest BCUT2D eigenvalue weighted by molar-refractivity contribution is 6.35. The molecule has 0 aromatic heterocycles. The summed E-state index contributed by atoms with van der Waals surface area (Å²) in [5.41, 5.74) is -1.73. The lowest BCUT2D eigenvalue weighted by molar-refractivity contribution is -0.137. The number of nitrogens with one attached hydrogen (secondary N) is 2. The van der Waals surface area contributed by atoms with Crippen molar-refractivity contribution in [3.63, 3.8) is 0 Å². The van der Waals surface area contributed by atoms with Crippen molar-refractivity contribution < 1.29 is 40.7 Å². The fourth-order valence-corrected chi connectivity index (χ4v) is 3.37. The third kappa shape index (κ3) is 8.59. The van der Waals surface area contributed by atoms with Crippen molar-refractivity contribution >= 4 is 46.4 Å². The molecule has 0 aliphatic carbocycles. The first-order valence-corrected chi connectivity index (χ1v) is 10.3. The SMILES string of the molecule is Cc1cc(C(=O)C=C(c2cc(Cl)cc(Cl)c2)C(F)(F)F)ccc1C(=O)NCC(=O)NCC(F)(F)F. The topological polar surface area (TPSA) is 75.3 Å². The van der Waals surface area contributed by atoms with E-state index in [0.29, 0.717) is 6.08 Å². The number of ketones is 1. The number of hydrogen-bond donors (Lipinski definition) is 2. The van der Waals surface area contributed by atoms with Gasteiger partial charge in [-0.2, -0.15) is 26.3 Å². The lowest BCUT2D eigenvalue weighted by Gasteiger charge is -2.13. The zero-order chi connectivity index (χ0) is 26.6. The molecule has 0 radical (unpaired) electrons. The largest absolute Gasteiger partial charge is 0.417 e. The smallest absolute Gasteiger partial charge is 0.345 e. The van der Waals surface area contributed by atoms with Gasteiger partial charge in [0.15, 0.2) is 5.78 Å². The van der Waals surface area contributed by atoms with E-state index in [9.17, 15) is 40.7 Å². The second-order valence-electron chi connectivity index (χ2n) is 7.18. The van der Waals surface area contributed by atoms with E-state index < -0.39 is 54.2 Å². The fraction of sp³-hybridized carbons (Fsp3) is 0.227. The molecule has 0 saturated heterocycles. The summed E-state index contributed by atoms with van der Waals surface area (Å²) in [5, 5.41) is 3.58. The van der Waals surface area contributed by atoms with Gasteiger partial charge in [-0.05, 0) is 54.5 Å². The molecule has 35 heavy (non-hydrogen) atoms. The Bertz CT molecular complexity index is 1160. The zero-order valence-corrected chi connectivity index (χ0v) is 19.2. The molecule has 0 unspecified atom stereocenters. The molecule has 0 spiro atoms. The maximum atomic E-state index is 13.6. The van der Waals surface area contributed by atoms with Crippen LogP contribution in [0, 0.1) is 6.92 Å². The van der Waals surface area contributed by atoms with Crippen molar-refractivity contribution in [2.75, 3.05) is 13.1 Å². The van der Waals surface area contributed by atoms with Crippen molar-refractivity contribution in [3.05, 3.63) is 74.8 Å². The molecule has 13 heteroatoms. The van der Waals surface area contributed by atoms with E-state index in [-0.39, 0.29) is 26.7 Å². The number of carbonyl (C=O) groups is 3. The van der Waals surface area contributed by atoms with E-state index in [2.05, 4.69) is 5.32 Å². The van der Waals surface area contributed by atoms with Gasteiger partial charge in [0.25, 0.3) is 5.91 Å². The molecular formula is C22H16Cl2F6N2O3. The Kier molecular flexibility index (Phi) is 8.96. The van der Waals surface area contributed by atoms with Crippen LogP contribution in [0.5, 0.6) is 0 Å². The average Bonchev–Trinajstić information content (AvgIpc) is 2.72. The van der Waals surface area contributed by atoms with E-state index in [4.69, 9.17) is 23.2 Å². The van der Waals surface area contributed by atoms with E-state index in [1.807, 2.05) is 0 Å². The number of hydrogen-bond acceptors (Lipinski definition) is 3. The molecule has 0 bridgehead atoms. The summed E-state index contributed by atoms with van der Waals surface area (Å²) in [6.45, 7) is -0.915. The Labute approximate surface area is 205 Å². The summed E-state index contributed by atoms with van der Waals surface area (Å²) in [6.07, 6.45) is -9.15. The molecule has 5 nitrogen and oxygen atoms in total. The Hall–Kier alpha value is -3.05. The molecule has 2 N–H and O–H groups in total. The summed E-state index contributed by atoms with van der Waals surface area (Å²) < 4.78 is 77.1. The molecule has 2 amide bonds. The lowest BCUT2D eigenvalue weighted by atomic mass is 9.98. The summed E-state index contributed by atoms with van der Waals surface area (Å²) >= 11 is 11.5. The Morgan fingerprint density at radius 1 is 0.886 bits per heavy atom. The standard InChI is InChI=1S/C22H16Cl2F6N2O3/c1-11-4-12(2-3-16(11)20(35)31-9-19(34)32-10-21(25,26)27)18(33)8-17(22(28,29)30)13-5-14(23)7-15(24)6-13/h2-8H,9-10H2,1H3,(H,31,35)(H,32,34). The number of amides is 2. The van der Waals surface area contributed by atoms with Crippen LogP contribution in [0.1, 0.15) is 31.8 Å². The van der Waals surface area contributed by atoms with Gasteiger partial charge >= 0.3 is 12.4 Å². The lowest BCUT2D eigenvalue weighted by Crippen LogP contribution is -2.41. The summed E-state index contributed by atoms with van der Waals surface area (Å²) in [6, 6.07) is 6.64. The van der Waals surface area contributed by atoms with Crippen molar-refractivity contribution in [1.82, 2.24) is 10.6 Å². The number of benzene rings is 2. The van der Waals surface area contributed by atoms with Gasteiger partial charge in [-0.15, -0.1) is 0 Å². The minimum Gasteiger partial charge on any atom is -0.345 e. The maximum absolute atomic E-state index is 13.6. The van der Waals surface area contributed by atoms with Gasteiger partial charge in [0.1, 0.15) is 6.54 Å². The third-order valence-corrected chi connectivity index (χ3v) is 4.84. The molecule has 0 saturated carbocycles. The average molecular weight is 541 g/mol. The van der Waals surface area contributed by atoms with E-state index in [1.165, 1.54) is 13.0 Å². The molecule has 2 aromatic carbocycles. The zero-order valence-electron chi connectivity index (χ0n) is 17.7. The van der Waals surface area contributed by atoms with Crippen molar-refractivity contribution in [2.45, 2.75) is 19.3 Å². The molecule has 0 heterocycles. The second kappa shape index (κ2) is 11.1. The van der Waals surface area contributed by atoms with Crippen LogP contribution in [0.2, 0.25) is 10.0 Å². The summed E-state index contributed by atoms with van der Waals surface area (Å²) in [4.78, 5) is 36.2. The molecule has 188 valence electrons. The first-order valence-electron chi connectivity index (χ1n) is 9.59. The first kappa shape index (κ1) is 28.2. The number of allylic oxidation sites excluding steroid dienone is 2. The normalized spacial score (nSPS) is 12.3. The second-order valence-corrected chi connectivity index (χ2v) is 8.06. The van der Waals surface area contributed by atoms with Crippen LogP contribution in [0.3, 0.4) is 0 Å². The molecule has 0 aliphatic heterocycles. The van der Waals surface area contributed by atoms with E-state index >= 15 is 0 Å². The highest BCUT2D eigenvalue weighted by atomic mass is 35.5. The predicted octanol–water partition coefficient (Wildman–Crippen LogP) is 5.54. The van der Waals surface area contributed by atoms with E-state index in [1.54, 1.807) is 5.32 Å². The van der Waals surface area contributed by atoms with Gasteiger partial charge in [0, 0.05) is 21.2 Å². The van der Waals surface area contributed by atoms with Crippen LogP contribution >= 0.6 is 23.2 Å². The fourth-order valence-electron chi connectivity index (χ4n) is 2.84. The monoisotopic (exact) mass is 540 g/mol. The van der Waals surface area contributed by atoms with Crippen LogP contribution in [-0.2, 0) is 4.79 Å². The first-order chi connectivity index (χ1) is 16.1. The van der Waals surface area contributed by atoms with Gasteiger partial charge in [0.2, 0.25) is 5.91 Å². The van der Waals surface area contributed by atoms with Crippen molar-refractivity contribution in [2.24, 2.45) is 0 Å². The summed E-state index contributed by atoms with van der Waals surface area (Å²) in [5.74, 6) is -2.93. The number of halogens is 8. The minimum atomic E-state index is -4.91. The number of carbonyl (C=O) groups excluding carboxylic acids is 3. The Morgan fingerprint density at radius 3 is 2.00 bits per heavy atom. The summed E-state index contributed by atoms with van der Waals surface area (Å²) in [7, 11) is 0. The van der Waals surface area contributed by atoms with Crippen LogP contribution in [0.25, 0.3) is 5.57 Å². The highest BCUT2D eigenvalue weighted by Gasteiger charge is 2.36. The van der Waals surface area contributed by atoms with E-state index in [0.717, 1.165) is 30.3 Å². The number of rotatable bonds is 7. The molecule has 0 fully saturated rings. The number of aryl methyl sites for hydroxylation is 1. The Balaban J connectivity index is 2.21. The maximum Gasteiger partial charge on any atom is 0.417 e. The highest BCUT2D eigenvalue weighted by Crippen LogP contribution is 2.36. The number of alkyl halides is 6. The van der Waals surface area contributed by atoms with Gasteiger partial charge in [-0.25, -0.2) is 0 Å². The van der Waals surface area contributed by atoms with Gasteiger partial charge in [-0.1, -0.05) is 29.3 Å². The third-order valence-electron chi connectivity index (χ3n) is 4.41.